The van der Waals surface area contributed by atoms with E-state index >= 15 is 0 Å². The van der Waals surface area contributed by atoms with Gasteiger partial charge in [0.05, 0.1) is 18.8 Å². The van der Waals surface area contributed by atoms with E-state index in [9.17, 15) is 27.5 Å². The van der Waals surface area contributed by atoms with Crippen LogP contribution < -0.4 is 0 Å². The Bertz CT molecular complexity index is 894. The third-order valence-corrected chi connectivity index (χ3v) is 5.84. The van der Waals surface area contributed by atoms with E-state index in [0.717, 1.165) is 17.7 Å². The highest BCUT2D eigenvalue weighted by Crippen LogP contribution is 2.37. The molecule has 1 N–H and O–H groups in total. The fourth-order valence-electron chi connectivity index (χ4n) is 3.71. The lowest BCUT2D eigenvalue weighted by molar-refractivity contribution is -0.137. The van der Waals surface area contributed by atoms with Crippen LogP contribution in [0, 0.1) is 5.82 Å². The number of benzene rings is 2. The second-order valence-electron chi connectivity index (χ2n) is 7.40. The van der Waals surface area contributed by atoms with Gasteiger partial charge < -0.3 is 14.7 Å². The topological polar surface area (TPSA) is 49.8 Å². The first-order valence-corrected chi connectivity index (χ1v) is 10.1. The Morgan fingerprint density at radius 2 is 1.77 bits per heavy atom. The molecule has 0 radical (unpaired) electrons. The van der Waals surface area contributed by atoms with Gasteiger partial charge in [0.15, 0.2) is 0 Å². The van der Waals surface area contributed by atoms with Crippen LogP contribution >= 0.6 is 15.9 Å². The molecule has 0 unspecified atom stereocenters. The molecule has 1 fully saturated rings. The number of hydrogen-bond acceptors (Lipinski definition) is 2. The zero-order valence-corrected chi connectivity index (χ0v) is 17.5. The average molecular weight is 490 g/mol. The maximum Gasteiger partial charge on any atom is 0.416 e. The van der Waals surface area contributed by atoms with Gasteiger partial charge in [-0.1, -0.05) is 28.1 Å². The summed E-state index contributed by atoms with van der Waals surface area (Å²) in [7, 11) is 0. The van der Waals surface area contributed by atoms with Gasteiger partial charge in [0.2, 0.25) is 0 Å². The zero-order valence-electron chi connectivity index (χ0n) is 15.9. The minimum absolute atomic E-state index is 0.0336. The molecule has 1 amide bonds. The SMILES string of the molecule is O=C(O)N1CCC(COCc2cc(Br)cc(C(F)(F)F)c2)(c2ccc(F)cc2)CC1. The fraction of sp³-hybridized carbons (Fsp3) is 0.381. The highest BCUT2D eigenvalue weighted by Gasteiger charge is 2.38. The van der Waals surface area contributed by atoms with Crippen molar-refractivity contribution in [3.05, 3.63) is 69.4 Å². The first kappa shape index (κ1) is 22.6. The molecule has 1 aliphatic rings. The van der Waals surface area contributed by atoms with Crippen molar-refractivity contribution in [3.8, 4) is 0 Å². The van der Waals surface area contributed by atoms with Gasteiger partial charge in [-0.15, -0.1) is 0 Å². The third kappa shape index (κ3) is 5.31. The van der Waals surface area contributed by atoms with E-state index in [1.165, 1.54) is 17.0 Å². The first-order valence-electron chi connectivity index (χ1n) is 9.27. The van der Waals surface area contributed by atoms with Crippen LogP contribution in [0.2, 0.25) is 0 Å². The van der Waals surface area contributed by atoms with Gasteiger partial charge in [-0.2, -0.15) is 13.2 Å². The number of amides is 1. The van der Waals surface area contributed by atoms with Crippen LogP contribution in [0.15, 0.2) is 46.9 Å². The van der Waals surface area contributed by atoms with Crippen LogP contribution in [0.25, 0.3) is 0 Å². The normalized spacial score (nSPS) is 16.5. The van der Waals surface area contributed by atoms with Crippen LogP contribution in [-0.2, 0) is 22.9 Å². The fourth-order valence-corrected chi connectivity index (χ4v) is 4.25. The highest BCUT2D eigenvalue weighted by atomic mass is 79.9. The molecule has 0 bridgehead atoms. The molecule has 2 aromatic carbocycles. The van der Waals surface area contributed by atoms with Gasteiger partial charge in [0.1, 0.15) is 5.82 Å². The van der Waals surface area contributed by atoms with Crippen molar-refractivity contribution in [1.29, 1.82) is 0 Å². The van der Waals surface area contributed by atoms with E-state index in [0.29, 0.717) is 36.0 Å². The summed E-state index contributed by atoms with van der Waals surface area (Å²) in [6.45, 7) is 0.740. The number of carboxylic acid groups (broad SMARTS) is 1. The van der Waals surface area contributed by atoms with Crippen molar-refractivity contribution in [2.45, 2.75) is 31.0 Å². The summed E-state index contributed by atoms with van der Waals surface area (Å²) in [4.78, 5) is 12.6. The lowest BCUT2D eigenvalue weighted by Crippen LogP contribution is -2.47. The van der Waals surface area contributed by atoms with Crippen molar-refractivity contribution >= 4 is 22.0 Å². The second kappa shape index (κ2) is 8.93. The molecule has 0 atom stereocenters. The first-order chi connectivity index (χ1) is 14.1. The van der Waals surface area contributed by atoms with Crippen LogP contribution in [-0.4, -0.2) is 35.8 Å². The van der Waals surface area contributed by atoms with Gasteiger partial charge in [-0.25, -0.2) is 9.18 Å². The van der Waals surface area contributed by atoms with E-state index < -0.39 is 23.2 Å². The second-order valence-corrected chi connectivity index (χ2v) is 8.31. The molecular weight excluding hydrogens is 470 g/mol. The van der Waals surface area contributed by atoms with E-state index in [-0.39, 0.29) is 19.0 Å². The van der Waals surface area contributed by atoms with Crippen LogP contribution in [0.5, 0.6) is 0 Å². The summed E-state index contributed by atoms with van der Waals surface area (Å²) < 4.78 is 58.6. The molecule has 3 rings (SSSR count). The van der Waals surface area contributed by atoms with Crippen LogP contribution in [0.1, 0.15) is 29.5 Å². The lowest BCUT2D eigenvalue weighted by atomic mass is 9.73. The highest BCUT2D eigenvalue weighted by molar-refractivity contribution is 9.10. The van der Waals surface area contributed by atoms with Crippen molar-refractivity contribution in [1.82, 2.24) is 4.90 Å². The number of piperidine rings is 1. The number of alkyl halides is 3. The summed E-state index contributed by atoms with van der Waals surface area (Å²) in [5.74, 6) is -0.383. The maximum atomic E-state index is 13.4. The smallest absolute Gasteiger partial charge is 0.416 e. The Kier molecular flexibility index (Phi) is 6.71. The average Bonchev–Trinajstić information content (AvgIpc) is 2.68. The number of ether oxygens (including phenoxy) is 1. The predicted molar refractivity (Wildman–Crippen MR) is 106 cm³/mol. The van der Waals surface area contributed by atoms with Gasteiger partial charge in [-0.3, -0.25) is 0 Å². The Morgan fingerprint density at radius 3 is 2.33 bits per heavy atom. The monoisotopic (exact) mass is 489 g/mol. The molecule has 0 aromatic heterocycles. The minimum atomic E-state index is -4.46. The number of hydrogen-bond donors (Lipinski definition) is 1. The molecule has 1 aliphatic heterocycles. The maximum absolute atomic E-state index is 13.4. The van der Waals surface area contributed by atoms with Gasteiger partial charge >= 0.3 is 12.3 Å². The summed E-state index contributed by atoms with van der Waals surface area (Å²) in [6.07, 6.45) is -4.52. The number of rotatable bonds is 5. The Hall–Kier alpha value is -2.13. The van der Waals surface area contributed by atoms with E-state index in [1.807, 2.05) is 0 Å². The molecule has 4 nitrogen and oxygen atoms in total. The van der Waals surface area contributed by atoms with Crippen molar-refractivity contribution < 1.29 is 32.2 Å². The Labute approximate surface area is 179 Å². The van der Waals surface area contributed by atoms with Crippen LogP contribution in [0.3, 0.4) is 0 Å². The van der Waals surface area contributed by atoms with Crippen molar-refractivity contribution in [2.24, 2.45) is 0 Å². The summed E-state index contributed by atoms with van der Waals surface area (Å²) >= 11 is 3.10. The Balaban J connectivity index is 1.76. The predicted octanol–water partition coefficient (Wildman–Crippen LogP) is 5.84. The van der Waals surface area contributed by atoms with Gasteiger partial charge in [-0.05, 0) is 54.3 Å². The van der Waals surface area contributed by atoms with E-state index in [2.05, 4.69) is 15.9 Å². The van der Waals surface area contributed by atoms with Gasteiger partial charge in [0, 0.05) is 23.0 Å². The summed E-state index contributed by atoms with van der Waals surface area (Å²) in [6, 6.07) is 9.58. The summed E-state index contributed by atoms with van der Waals surface area (Å²) in [5, 5.41) is 9.21. The molecular formula is C21H20BrF4NO3. The number of carbonyl (C=O) groups is 1. The summed E-state index contributed by atoms with van der Waals surface area (Å²) in [5.41, 5.74) is -0.120. The number of nitrogens with zero attached hydrogens (tertiary/aromatic N) is 1. The van der Waals surface area contributed by atoms with Crippen molar-refractivity contribution in [2.75, 3.05) is 19.7 Å². The standard InChI is InChI=1S/C21H20BrF4NO3/c22-17-10-14(9-16(11-17)21(24,25)26)12-30-13-20(15-1-3-18(23)4-2-15)5-7-27(8-6-20)19(28)29/h1-4,9-11H,5-8,12-13H2,(H,28,29). The van der Waals surface area contributed by atoms with Crippen molar-refractivity contribution in [3.63, 3.8) is 0 Å². The number of halogens is 5. The molecule has 0 aliphatic carbocycles. The molecule has 2 aromatic rings. The minimum Gasteiger partial charge on any atom is -0.465 e. The zero-order chi connectivity index (χ0) is 21.9. The quantitative estimate of drug-likeness (QED) is 0.537. The number of likely N-dealkylation sites (tertiary alicyclic amines) is 1. The largest absolute Gasteiger partial charge is 0.465 e. The molecule has 0 saturated carbocycles. The molecule has 1 heterocycles. The van der Waals surface area contributed by atoms with Gasteiger partial charge in [0.25, 0.3) is 0 Å². The van der Waals surface area contributed by atoms with E-state index in [4.69, 9.17) is 4.74 Å². The molecule has 162 valence electrons. The Morgan fingerprint density at radius 1 is 1.13 bits per heavy atom. The molecule has 0 spiro atoms. The van der Waals surface area contributed by atoms with Crippen LogP contribution in [0.4, 0.5) is 22.4 Å². The molecule has 30 heavy (non-hydrogen) atoms. The molecule has 1 saturated heterocycles. The molecule has 9 heteroatoms. The third-order valence-electron chi connectivity index (χ3n) is 5.38. The van der Waals surface area contributed by atoms with E-state index in [1.54, 1.807) is 18.2 Å². The lowest BCUT2D eigenvalue weighted by Gasteiger charge is -2.41.